The van der Waals surface area contributed by atoms with Gasteiger partial charge in [-0.15, -0.1) is 0 Å². The molecule has 0 aliphatic carbocycles. The quantitative estimate of drug-likeness (QED) is 0.416. The molecule has 0 saturated carbocycles. The van der Waals surface area contributed by atoms with E-state index in [0.29, 0.717) is 16.7 Å². The second-order valence-corrected chi connectivity index (χ2v) is 7.26. The molecule has 3 aromatic carbocycles. The van der Waals surface area contributed by atoms with E-state index in [1.807, 2.05) is 0 Å². The molecule has 178 valence electrons. The Labute approximate surface area is 191 Å². The van der Waals surface area contributed by atoms with E-state index in [2.05, 4.69) is 0 Å². The largest absolute Gasteiger partial charge is 0.482 e. The van der Waals surface area contributed by atoms with Crippen LogP contribution < -0.4 is 9.47 Å². The summed E-state index contributed by atoms with van der Waals surface area (Å²) in [5.74, 6) is -3.23. The lowest BCUT2D eigenvalue weighted by Gasteiger charge is -2.18. The molecule has 0 aliphatic rings. The van der Waals surface area contributed by atoms with E-state index in [9.17, 15) is 32.3 Å². The Balaban J connectivity index is 1.89. The number of halogens is 4. The van der Waals surface area contributed by atoms with Gasteiger partial charge in [-0.25, -0.2) is 14.0 Å². The van der Waals surface area contributed by atoms with Crippen LogP contribution >= 0.6 is 0 Å². The number of carboxylic acids is 2. The molecule has 0 spiro atoms. The lowest BCUT2D eigenvalue weighted by molar-refractivity contribution is -0.145. The fourth-order valence-electron chi connectivity index (χ4n) is 3.16. The first-order chi connectivity index (χ1) is 16.0. The van der Waals surface area contributed by atoms with Gasteiger partial charge in [0.2, 0.25) is 6.10 Å². The summed E-state index contributed by atoms with van der Waals surface area (Å²) in [6.45, 7) is 1.02. The van der Waals surface area contributed by atoms with Crippen molar-refractivity contribution in [2.75, 3.05) is 6.61 Å². The first-order valence-electron chi connectivity index (χ1n) is 9.77. The minimum absolute atomic E-state index is 0.0620. The molecule has 0 amide bonds. The highest BCUT2D eigenvalue weighted by Crippen LogP contribution is 2.33. The maximum absolute atomic E-state index is 14.6. The van der Waals surface area contributed by atoms with E-state index in [4.69, 9.17) is 14.6 Å². The van der Waals surface area contributed by atoms with Crippen molar-refractivity contribution in [2.24, 2.45) is 0 Å². The summed E-state index contributed by atoms with van der Waals surface area (Å²) >= 11 is 0. The van der Waals surface area contributed by atoms with E-state index in [0.717, 1.165) is 18.2 Å². The zero-order valence-corrected chi connectivity index (χ0v) is 17.6. The van der Waals surface area contributed by atoms with E-state index < -0.39 is 42.2 Å². The zero-order chi connectivity index (χ0) is 25.0. The molecule has 34 heavy (non-hydrogen) atoms. The van der Waals surface area contributed by atoms with Crippen molar-refractivity contribution >= 4 is 11.9 Å². The third kappa shape index (κ3) is 5.83. The lowest BCUT2D eigenvalue weighted by Crippen LogP contribution is -2.19. The fourth-order valence-corrected chi connectivity index (χ4v) is 3.16. The normalized spacial score (nSPS) is 12.1. The predicted molar refractivity (Wildman–Crippen MR) is 112 cm³/mol. The highest BCUT2D eigenvalue weighted by molar-refractivity contribution is 5.76. The van der Waals surface area contributed by atoms with Crippen LogP contribution in [0.15, 0.2) is 60.7 Å². The molecule has 1 unspecified atom stereocenters. The molecule has 2 N–H and O–H groups in total. The Bertz CT molecular complexity index is 1210. The number of benzene rings is 3. The van der Waals surface area contributed by atoms with Gasteiger partial charge in [0.1, 0.15) is 17.3 Å². The van der Waals surface area contributed by atoms with Crippen LogP contribution in [-0.4, -0.2) is 28.8 Å². The Kier molecular flexibility index (Phi) is 7.09. The van der Waals surface area contributed by atoms with Crippen LogP contribution in [0, 0.1) is 12.7 Å². The summed E-state index contributed by atoms with van der Waals surface area (Å²) in [6, 6.07) is 11.8. The molecule has 0 heterocycles. The molecular weight excluding hydrogens is 460 g/mol. The Hall–Kier alpha value is -4.08. The van der Waals surface area contributed by atoms with Crippen molar-refractivity contribution in [2.45, 2.75) is 19.2 Å². The van der Waals surface area contributed by atoms with Crippen molar-refractivity contribution in [3.05, 3.63) is 83.2 Å². The van der Waals surface area contributed by atoms with Gasteiger partial charge in [-0.1, -0.05) is 18.2 Å². The molecule has 0 radical (unpaired) electrons. The number of carbonyl (C=O) groups is 2. The van der Waals surface area contributed by atoms with Crippen LogP contribution in [0.25, 0.3) is 11.1 Å². The van der Waals surface area contributed by atoms with Crippen molar-refractivity contribution in [3.63, 3.8) is 0 Å². The third-order valence-corrected chi connectivity index (χ3v) is 4.80. The molecule has 0 bridgehead atoms. The van der Waals surface area contributed by atoms with Gasteiger partial charge >= 0.3 is 18.1 Å². The molecule has 3 rings (SSSR count). The minimum atomic E-state index is -4.51. The van der Waals surface area contributed by atoms with Gasteiger partial charge in [0, 0.05) is 5.56 Å². The monoisotopic (exact) mass is 478 g/mol. The summed E-state index contributed by atoms with van der Waals surface area (Å²) in [6.07, 6.45) is -6.28. The number of carboxylic acid groups (broad SMARTS) is 2. The average Bonchev–Trinajstić information content (AvgIpc) is 2.76. The molecule has 0 saturated heterocycles. The number of alkyl halides is 3. The molecular formula is C24H18F4O6. The van der Waals surface area contributed by atoms with Gasteiger partial charge in [0.05, 0.1) is 5.56 Å². The number of rotatable bonds is 8. The van der Waals surface area contributed by atoms with Crippen LogP contribution in [0.1, 0.15) is 22.8 Å². The van der Waals surface area contributed by atoms with Crippen LogP contribution in [-0.2, 0) is 15.8 Å². The molecule has 0 aliphatic heterocycles. The second kappa shape index (κ2) is 9.82. The summed E-state index contributed by atoms with van der Waals surface area (Å²) in [4.78, 5) is 22.5. The van der Waals surface area contributed by atoms with Crippen LogP contribution in [0.4, 0.5) is 17.6 Å². The van der Waals surface area contributed by atoms with Crippen molar-refractivity contribution in [3.8, 4) is 22.6 Å². The van der Waals surface area contributed by atoms with Gasteiger partial charge in [-0.3, -0.25) is 0 Å². The fraction of sp³-hybridized carbons (Fsp3) is 0.167. The number of aryl methyl sites for hydroxylation is 1. The number of ether oxygens (including phenoxy) is 2. The van der Waals surface area contributed by atoms with Gasteiger partial charge in [-0.2, -0.15) is 13.2 Å². The van der Waals surface area contributed by atoms with Gasteiger partial charge in [0.15, 0.2) is 6.61 Å². The first-order valence-corrected chi connectivity index (χ1v) is 9.77. The lowest BCUT2D eigenvalue weighted by atomic mass is 9.99. The van der Waals surface area contributed by atoms with E-state index >= 15 is 0 Å². The summed E-state index contributed by atoms with van der Waals surface area (Å²) in [7, 11) is 0. The highest BCUT2D eigenvalue weighted by atomic mass is 19.4. The summed E-state index contributed by atoms with van der Waals surface area (Å²) in [5.41, 5.74) is -0.0881. The first kappa shape index (κ1) is 24.6. The average molecular weight is 478 g/mol. The Morgan fingerprint density at radius 1 is 0.941 bits per heavy atom. The standard InChI is InChI=1S/C24H18F4O6/c1-13-10-17(7-9-20(13)33-12-21(29)30)34-22(23(31)32)18-11-15(4-8-19(18)25)14-2-5-16(6-3-14)24(26,27)28/h2-11,22H,12H2,1H3,(H,29,30)(H,31,32). The molecule has 0 aromatic heterocycles. The predicted octanol–water partition coefficient (Wildman–Crippen LogP) is 5.49. The number of aliphatic carboxylic acids is 2. The molecule has 1 atom stereocenters. The van der Waals surface area contributed by atoms with E-state index in [1.54, 1.807) is 6.92 Å². The molecule has 3 aromatic rings. The SMILES string of the molecule is Cc1cc(OC(C(=O)O)c2cc(-c3ccc(C(F)(F)F)cc3)ccc2F)ccc1OCC(=O)O. The number of hydrogen-bond donors (Lipinski definition) is 2. The van der Waals surface area contributed by atoms with Crippen molar-refractivity contribution < 1.29 is 46.8 Å². The Morgan fingerprint density at radius 2 is 1.59 bits per heavy atom. The molecule has 6 nitrogen and oxygen atoms in total. The Morgan fingerprint density at radius 3 is 2.15 bits per heavy atom. The third-order valence-electron chi connectivity index (χ3n) is 4.80. The summed E-state index contributed by atoms with van der Waals surface area (Å²) < 4.78 is 63.6. The van der Waals surface area contributed by atoms with Crippen LogP contribution in [0.5, 0.6) is 11.5 Å². The highest BCUT2D eigenvalue weighted by Gasteiger charge is 2.30. The minimum Gasteiger partial charge on any atom is -0.482 e. The van der Waals surface area contributed by atoms with Gasteiger partial charge < -0.3 is 19.7 Å². The van der Waals surface area contributed by atoms with Crippen LogP contribution in [0.3, 0.4) is 0 Å². The van der Waals surface area contributed by atoms with Crippen molar-refractivity contribution in [1.82, 2.24) is 0 Å². The number of hydrogen-bond acceptors (Lipinski definition) is 4. The maximum atomic E-state index is 14.6. The smallest absolute Gasteiger partial charge is 0.416 e. The maximum Gasteiger partial charge on any atom is 0.416 e. The molecule has 10 heteroatoms. The summed E-state index contributed by atoms with van der Waals surface area (Å²) in [5, 5.41) is 18.4. The van der Waals surface area contributed by atoms with E-state index in [1.165, 1.54) is 42.5 Å². The van der Waals surface area contributed by atoms with Crippen molar-refractivity contribution in [1.29, 1.82) is 0 Å². The molecule has 0 fully saturated rings. The van der Waals surface area contributed by atoms with Crippen LogP contribution in [0.2, 0.25) is 0 Å². The second-order valence-electron chi connectivity index (χ2n) is 7.26. The topological polar surface area (TPSA) is 93.1 Å². The van der Waals surface area contributed by atoms with E-state index in [-0.39, 0.29) is 17.1 Å². The van der Waals surface area contributed by atoms with Gasteiger partial charge in [0.25, 0.3) is 0 Å². The van der Waals surface area contributed by atoms with Gasteiger partial charge in [-0.05, 0) is 66.1 Å². The zero-order valence-electron chi connectivity index (χ0n) is 17.6.